The van der Waals surface area contributed by atoms with Gasteiger partial charge in [-0.3, -0.25) is 14.5 Å². The van der Waals surface area contributed by atoms with E-state index in [1.54, 1.807) is 24.3 Å². The lowest BCUT2D eigenvalue weighted by molar-refractivity contribution is -0.118. The highest BCUT2D eigenvalue weighted by Gasteiger charge is 2.33. The smallest absolute Gasteiger partial charge is 0.270 e. The van der Waals surface area contributed by atoms with Crippen molar-refractivity contribution in [2.75, 3.05) is 42.9 Å². The zero-order valence-corrected chi connectivity index (χ0v) is 25.4. The Labute approximate surface area is 246 Å². The number of amides is 2. The third-order valence-electron chi connectivity index (χ3n) is 6.26. The van der Waals surface area contributed by atoms with Gasteiger partial charge in [-0.1, -0.05) is 46.0 Å². The number of halogens is 1. The number of nitrogens with zero attached hydrogens (tertiary/aromatic N) is 2. The molecule has 0 unspecified atom stereocenters. The number of hydrogen-bond acceptors (Lipinski definition) is 7. The molecular weight excluding hydrogens is 598 g/mol. The van der Waals surface area contributed by atoms with E-state index in [1.807, 2.05) is 69.2 Å². The number of anilines is 3. The Morgan fingerprint density at radius 1 is 1.08 bits per heavy atom. The maximum Gasteiger partial charge on any atom is 0.270 e. The van der Waals surface area contributed by atoms with Crippen LogP contribution in [0.4, 0.5) is 17.1 Å². The first-order valence-corrected chi connectivity index (χ1v) is 14.0. The molecule has 3 aromatic carbocycles. The van der Waals surface area contributed by atoms with E-state index in [2.05, 4.69) is 21.2 Å². The van der Waals surface area contributed by atoms with Crippen molar-refractivity contribution >= 4 is 79.2 Å². The van der Waals surface area contributed by atoms with Crippen LogP contribution < -0.4 is 24.6 Å². The molecule has 1 fully saturated rings. The lowest BCUT2D eigenvalue weighted by Gasteiger charge is -2.17. The molecule has 39 heavy (non-hydrogen) atoms. The second kappa shape index (κ2) is 12.2. The number of methoxy groups -OCH3 is 1. The molecule has 1 heterocycles. The number of rotatable bonds is 8. The minimum atomic E-state index is -0.284. The minimum Gasteiger partial charge on any atom is -0.493 e. The van der Waals surface area contributed by atoms with Gasteiger partial charge in [-0.2, -0.15) is 0 Å². The fourth-order valence-corrected chi connectivity index (χ4v) is 5.62. The molecule has 3 aromatic rings. The summed E-state index contributed by atoms with van der Waals surface area (Å²) in [5.74, 6) is 0.397. The molecule has 1 aliphatic heterocycles. The van der Waals surface area contributed by atoms with Crippen molar-refractivity contribution in [1.29, 1.82) is 0 Å². The van der Waals surface area contributed by atoms with E-state index in [0.29, 0.717) is 20.7 Å². The standard InChI is InChI=1S/C29H28BrN3O4S2/c1-17-18(2)23(12-11-22(17)30)31-27(34)16-37-24-13-6-19(14-25(24)36-5)15-26-28(35)33(29(38)39-26)21-9-7-20(8-10-21)32(3)4/h6-15H,16H2,1-5H3,(H,31,34)/b26-15+. The van der Waals surface area contributed by atoms with Gasteiger partial charge in [-0.15, -0.1) is 0 Å². The van der Waals surface area contributed by atoms with Crippen LogP contribution in [-0.2, 0) is 9.59 Å². The third-order valence-corrected chi connectivity index (χ3v) is 8.42. The van der Waals surface area contributed by atoms with Crippen LogP contribution in [0.5, 0.6) is 11.5 Å². The Morgan fingerprint density at radius 2 is 1.79 bits per heavy atom. The van der Waals surface area contributed by atoms with Crippen molar-refractivity contribution in [3.63, 3.8) is 0 Å². The van der Waals surface area contributed by atoms with Gasteiger partial charge >= 0.3 is 0 Å². The highest BCUT2D eigenvalue weighted by Crippen LogP contribution is 2.37. The molecule has 0 aromatic heterocycles. The van der Waals surface area contributed by atoms with Crippen LogP contribution in [-0.4, -0.2) is 43.9 Å². The van der Waals surface area contributed by atoms with Gasteiger partial charge in [-0.05, 0) is 85.1 Å². The number of carbonyl (C=O) groups excluding carboxylic acids is 2. The van der Waals surface area contributed by atoms with Crippen LogP contribution >= 0.6 is 39.9 Å². The van der Waals surface area contributed by atoms with Crippen LogP contribution in [0.2, 0.25) is 0 Å². The molecule has 0 aliphatic carbocycles. The van der Waals surface area contributed by atoms with Gasteiger partial charge in [0.2, 0.25) is 0 Å². The largest absolute Gasteiger partial charge is 0.493 e. The second-order valence-corrected chi connectivity index (χ2v) is 11.6. The molecule has 0 bridgehead atoms. The zero-order valence-electron chi connectivity index (χ0n) is 22.2. The average molecular weight is 627 g/mol. The lowest BCUT2D eigenvalue weighted by atomic mass is 10.1. The zero-order chi connectivity index (χ0) is 28.3. The minimum absolute atomic E-state index is 0.183. The highest BCUT2D eigenvalue weighted by molar-refractivity contribution is 9.10. The summed E-state index contributed by atoms with van der Waals surface area (Å²) >= 11 is 10.3. The fraction of sp³-hybridized carbons (Fsp3) is 0.207. The van der Waals surface area contributed by atoms with Crippen molar-refractivity contribution in [3.05, 3.63) is 80.7 Å². The molecule has 4 rings (SSSR count). The van der Waals surface area contributed by atoms with E-state index in [1.165, 1.54) is 23.8 Å². The normalized spacial score (nSPS) is 14.1. The molecule has 0 radical (unpaired) electrons. The van der Waals surface area contributed by atoms with Crippen molar-refractivity contribution in [2.24, 2.45) is 0 Å². The van der Waals surface area contributed by atoms with E-state index in [0.717, 1.165) is 38.2 Å². The Balaban J connectivity index is 1.45. The maximum atomic E-state index is 13.2. The molecule has 0 atom stereocenters. The van der Waals surface area contributed by atoms with Crippen LogP contribution in [0.3, 0.4) is 0 Å². The van der Waals surface area contributed by atoms with Crippen LogP contribution in [0.25, 0.3) is 6.08 Å². The van der Waals surface area contributed by atoms with E-state index >= 15 is 0 Å². The van der Waals surface area contributed by atoms with Gasteiger partial charge in [0.25, 0.3) is 11.8 Å². The first-order valence-electron chi connectivity index (χ1n) is 12.0. The fourth-order valence-electron chi connectivity index (χ4n) is 3.89. The molecule has 202 valence electrons. The number of hydrogen-bond donors (Lipinski definition) is 1. The summed E-state index contributed by atoms with van der Waals surface area (Å²) < 4.78 is 12.7. The molecule has 2 amide bonds. The number of thiocarbonyl (C=S) groups is 1. The quantitative estimate of drug-likeness (QED) is 0.224. The molecule has 10 heteroatoms. The Hall–Kier alpha value is -3.34. The van der Waals surface area contributed by atoms with E-state index in [-0.39, 0.29) is 18.4 Å². The van der Waals surface area contributed by atoms with Crippen molar-refractivity contribution in [1.82, 2.24) is 0 Å². The summed E-state index contributed by atoms with van der Waals surface area (Å²) in [6, 6.07) is 16.7. The Morgan fingerprint density at radius 3 is 2.46 bits per heavy atom. The molecule has 1 saturated heterocycles. The van der Waals surface area contributed by atoms with Crippen LogP contribution in [0, 0.1) is 13.8 Å². The SMILES string of the molecule is COc1cc(/C=C2/SC(=S)N(c3ccc(N(C)C)cc3)C2=O)ccc1OCC(=O)Nc1ccc(Br)c(C)c1C. The summed E-state index contributed by atoms with van der Waals surface area (Å²) in [6.07, 6.45) is 1.77. The summed E-state index contributed by atoms with van der Waals surface area (Å²) in [5, 5.41) is 2.89. The highest BCUT2D eigenvalue weighted by atomic mass is 79.9. The lowest BCUT2D eigenvalue weighted by Crippen LogP contribution is -2.27. The second-order valence-electron chi connectivity index (χ2n) is 9.02. The van der Waals surface area contributed by atoms with E-state index < -0.39 is 0 Å². The number of thioether (sulfide) groups is 1. The number of nitrogens with one attached hydrogen (secondary N) is 1. The van der Waals surface area contributed by atoms with Gasteiger partial charge in [0.15, 0.2) is 22.4 Å². The van der Waals surface area contributed by atoms with E-state index in [9.17, 15) is 9.59 Å². The Bertz CT molecular complexity index is 1470. The average Bonchev–Trinajstić information content (AvgIpc) is 3.20. The summed E-state index contributed by atoms with van der Waals surface area (Å²) in [5.41, 5.74) is 5.27. The summed E-state index contributed by atoms with van der Waals surface area (Å²) in [4.78, 5) is 29.8. The van der Waals surface area contributed by atoms with Crippen LogP contribution in [0.1, 0.15) is 16.7 Å². The van der Waals surface area contributed by atoms with E-state index in [4.69, 9.17) is 21.7 Å². The molecular formula is C29H28BrN3O4S2. The molecule has 7 nitrogen and oxygen atoms in total. The van der Waals surface area contributed by atoms with Gasteiger partial charge < -0.3 is 19.7 Å². The molecule has 0 saturated carbocycles. The van der Waals surface area contributed by atoms with Gasteiger partial charge in [-0.25, -0.2) is 0 Å². The first-order chi connectivity index (χ1) is 18.6. The van der Waals surface area contributed by atoms with Gasteiger partial charge in [0, 0.05) is 29.9 Å². The van der Waals surface area contributed by atoms with Crippen molar-refractivity contribution in [2.45, 2.75) is 13.8 Å². The molecule has 1 N–H and O–H groups in total. The topological polar surface area (TPSA) is 71.1 Å². The molecule has 1 aliphatic rings. The van der Waals surface area contributed by atoms with Crippen molar-refractivity contribution < 1.29 is 19.1 Å². The maximum absolute atomic E-state index is 13.2. The predicted molar refractivity (Wildman–Crippen MR) is 167 cm³/mol. The summed E-state index contributed by atoms with van der Waals surface area (Å²) in [6.45, 7) is 3.75. The van der Waals surface area contributed by atoms with Gasteiger partial charge in [0.05, 0.1) is 17.7 Å². The van der Waals surface area contributed by atoms with Gasteiger partial charge in [0.1, 0.15) is 0 Å². The monoisotopic (exact) mass is 625 g/mol. The number of carbonyl (C=O) groups is 2. The predicted octanol–water partition coefficient (Wildman–Crippen LogP) is 6.56. The first kappa shape index (κ1) is 28.7. The van der Waals surface area contributed by atoms with Crippen molar-refractivity contribution in [3.8, 4) is 11.5 Å². The third kappa shape index (κ3) is 6.46. The van der Waals surface area contributed by atoms with Crippen LogP contribution in [0.15, 0.2) is 64.0 Å². The Kier molecular flexibility index (Phi) is 8.99. The number of benzene rings is 3. The number of ether oxygens (including phenoxy) is 2. The summed E-state index contributed by atoms with van der Waals surface area (Å²) in [7, 11) is 5.45. The molecule has 0 spiro atoms.